The van der Waals surface area contributed by atoms with Crippen molar-refractivity contribution in [2.75, 3.05) is 25.5 Å². The number of hydrogen-bond donors (Lipinski definition) is 4. The molecule has 0 saturated heterocycles. The van der Waals surface area contributed by atoms with Gasteiger partial charge in [0.05, 0.1) is 13.0 Å². The zero-order chi connectivity index (χ0) is 27.9. The lowest BCUT2D eigenvalue weighted by molar-refractivity contribution is -0.136. The van der Waals surface area contributed by atoms with E-state index in [9.17, 15) is 14.7 Å². The third kappa shape index (κ3) is 11.6. The molecule has 1 amide bonds. The average Bonchev–Trinajstić information content (AvgIpc) is 3.37. The fraction of sp³-hybridized carbons (Fsp3) is 0.552. The van der Waals surface area contributed by atoms with E-state index in [1.807, 2.05) is 24.3 Å². The Labute approximate surface area is 232 Å². The Bertz CT molecular complexity index is 984. The molecule has 2 rings (SSSR count). The number of rotatable bonds is 17. The third-order valence-electron chi connectivity index (χ3n) is 6.59. The van der Waals surface area contributed by atoms with Gasteiger partial charge in [-0.2, -0.15) is 0 Å². The Morgan fingerprint density at radius 3 is 2.42 bits per heavy atom. The van der Waals surface area contributed by atoms with Gasteiger partial charge in [-0.1, -0.05) is 75.8 Å². The number of nitrogens with one attached hydrogen (secondary N) is 2. The molecule has 0 aromatic heterocycles. The number of carboxylic acid groups (broad SMARTS) is 1. The molecule has 5 N–H and O–H groups in total. The highest BCUT2D eigenvalue weighted by Crippen LogP contribution is 2.24. The molecule has 0 bridgehead atoms. The van der Waals surface area contributed by atoms with Crippen LogP contribution in [0.4, 0.5) is 5.69 Å². The smallest absolute Gasteiger partial charge is 0.308 e. The highest BCUT2D eigenvalue weighted by molar-refractivity contribution is 6.31. The molecule has 210 valence electrons. The number of carboxylic acids is 1. The van der Waals surface area contributed by atoms with Crippen molar-refractivity contribution in [2.24, 2.45) is 10.7 Å². The van der Waals surface area contributed by atoms with Gasteiger partial charge in [-0.3, -0.25) is 9.59 Å². The maximum atomic E-state index is 12.6. The molecule has 1 aromatic rings. The molecule has 1 aliphatic rings. The number of likely N-dealkylation sites (N-methyl/N-ethyl adjacent to an activating group) is 1. The van der Waals surface area contributed by atoms with Gasteiger partial charge in [0.15, 0.2) is 0 Å². The molecule has 9 heteroatoms. The standard InChI is InChI=1S/C29H44ClN5O3/c1-4-5-6-7-10-17-32-23-15-13-22(14-16-23)18-26(31)34-29(25(21(2)30)19-28(37)38)35(3)20-27(36)33-24-11-8-9-12-24/h13-16,24,32H,2,4-12,17-20H2,1,3H3,(H2,31,34)(H,33,36)(H,37,38)/b29-25+. The number of aliphatic carboxylic acids is 1. The van der Waals surface area contributed by atoms with Crippen LogP contribution in [0.1, 0.15) is 76.7 Å². The van der Waals surface area contributed by atoms with Gasteiger partial charge in [-0.25, -0.2) is 4.99 Å². The first-order valence-corrected chi connectivity index (χ1v) is 14.0. The molecule has 0 spiro atoms. The number of allylic oxidation sites excluding steroid dienone is 1. The second-order valence-corrected chi connectivity index (χ2v) is 10.5. The van der Waals surface area contributed by atoms with E-state index in [1.54, 1.807) is 11.9 Å². The van der Waals surface area contributed by atoms with Gasteiger partial charge in [0.25, 0.3) is 0 Å². The first kappa shape index (κ1) is 31.2. The van der Waals surface area contributed by atoms with Crippen LogP contribution >= 0.6 is 11.6 Å². The second kappa shape index (κ2) is 16.8. The van der Waals surface area contributed by atoms with Crippen LogP contribution in [0, 0.1) is 0 Å². The van der Waals surface area contributed by atoms with Crippen molar-refractivity contribution in [1.82, 2.24) is 10.2 Å². The van der Waals surface area contributed by atoms with Gasteiger partial charge < -0.3 is 26.4 Å². The normalized spacial score (nSPS) is 14.7. The Kier molecular flexibility index (Phi) is 13.8. The van der Waals surface area contributed by atoms with Crippen LogP contribution in [0.25, 0.3) is 0 Å². The van der Waals surface area contributed by atoms with E-state index in [0.29, 0.717) is 6.42 Å². The van der Waals surface area contributed by atoms with Crippen molar-refractivity contribution in [2.45, 2.75) is 83.6 Å². The lowest BCUT2D eigenvalue weighted by Crippen LogP contribution is -2.40. The zero-order valence-electron chi connectivity index (χ0n) is 22.9. The molecule has 0 radical (unpaired) electrons. The largest absolute Gasteiger partial charge is 0.481 e. The molecule has 1 saturated carbocycles. The van der Waals surface area contributed by atoms with Gasteiger partial charge in [-0.15, -0.1) is 0 Å². The van der Waals surface area contributed by atoms with Crippen LogP contribution in [-0.2, 0) is 16.0 Å². The van der Waals surface area contributed by atoms with E-state index in [2.05, 4.69) is 29.1 Å². The SMILES string of the molecule is C=C(Cl)/C(CC(=O)O)=C(\N=C(N)Cc1ccc(NCCCCCCC)cc1)N(C)CC(=O)NC1CCCC1. The fourth-order valence-corrected chi connectivity index (χ4v) is 4.70. The third-order valence-corrected chi connectivity index (χ3v) is 6.81. The quantitative estimate of drug-likeness (QED) is 0.0900. The zero-order valence-corrected chi connectivity index (χ0v) is 23.7. The summed E-state index contributed by atoms with van der Waals surface area (Å²) in [5.74, 6) is -0.729. The molecule has 0 aliphatic heterocycles. The Hall–Kier alpha value is -3.00. The fourth-order valence-electron chi connectivity index (χ4n) is 4.55. The van der Waals surface area contributed by atoms with Crippen LogP contribution in [0.2, 0.25) is 0 Å². The van der Waals surface area contributed by atoms with Gasteiger partial charge in [0.2, 0.25) is 5.91 Å². The number of carbonyl (C=O) groups is 2. The first-order chi connectivity index (χ1) is 18.2. The van der Waals surface area contributed by atoms with Crippen LogP contribution in [0.15, 0.2) is 52.3 Å². The van der Waals surface area contributed by atoms with Gasteiger partial charge in [0.1, 0.15) is 11.7 Å². The van der Waals surface area contributed by atoms with Crippen molar-refractivity contribution in [1.29, 1.82) is 0 Å². The maximum Gasteiger partial charge on any atom is 0.308 e. The minimum Gasteiger partial charge on any atom is -0.481 e. The number of halogens is 1. The monoisotopic (exact) mass is 545 g/mol. The number of carbonyl (C=O) groups excluding carboxylic acids is 1. The van der Waals surface area contributed by atoms with Gasteiger partial charge in [0, 0.05) is 42.3 Å². The van der Waals surface area contributed by atoms with Gasteiger partial charge in [-0.05, 0) is 37.0 Å². The summed E-state index contributed by atoms with van der Waals surface area (Å²) in [4.78, 5) is 30.3. The summed E-state index contributed by atoms with van der Waals surface area (Å²) in [5.41, 5.74) is 8.54. The van der Waals surface area contributed by atoms with E-state index < -0.39 is 5.97 Å². The number of benzene rings is 1. The molecule has 1 aromatic carbocycles. The average molecular weight is 546 g/mol. The summed E-state index contributed by atoms with van der Waals surface area (Å²) >= 11 is 6.18. The van der Waals surface area contributed by atoms with E-state index >= 15 is 0 Å². The Morgan fingerprint density at radius 1 is 1.16 bits per heavy atom. The van der Waals surface area contributed by atoms with E-state index in [4.69, 9.17) is 17.3 Å². The van der Waals surface area contributed by atoms with Crippen LogP contribution in [0.5, 0.6) is 0 Å². The minimum absolute atomic E-state index is 0.00525. The number of nitrogens with zero attached hydrogens (tertiary/aromatic N) is 2. The summed E-state index contributed by atoms with van der Waals surface area (Å²) in [7, 11) is 1.67. The molecule has 0 unspecified atom stereocenters. The highest BCUT2D eigenvalue weighted by atomic mass is 35.5. The molecular weight excluding hydrogens is 502 g/mol. The Balaban J connectivity index is 2.10. The number of nitrogens with two attached hydrogens (primary N) is 1. The number of amides is 1. The van der Waals surface area contributed by atoms with E-state index in [1.165, 1.54) is 25.7 Å². The van der Waals surface area contributed by atoms with Crippen LogP contribution in [0.3, 0.4) is 0 Å². The number of hydrogen-bond acceptors (Lipinski definition) is 5. The number of aliphatic imine (C=N–C) groups is 1. The molecule has 0 heterocycles. The second-order valence-electron chi connectivity index (χ2n) is 10.0. The van der Waals surface area contributed by atoms with Crippen molar-refractivity contribution in [3.05, 3.63) is 52.8 Å². The summed E-state index contributed by atoms with van der Waals surface area (Å²) in [5, 5.41) is 16.0. The van der Waals surface area contributed by atoms with Crippen molar-refractivity contribution in [3.63, 3.8) is 0 Å². The van der Waals surface area contributed by atoms with E-state index in [-0.39, 0.29) is 47.2 Å². The molecule has 0 atom stereocenters. The van der Waals surface area contributed by atoms with Crippen molar-refractivity contribution >= 4 is 35.0 Å². The van der Waals surface area contributed by atoms with Crippen LogP contribution < -0.4 is 16.4 Å². The predicted octanol–water partition coefficient (Wildman–Crippen LogP) is 5.40. The lowest BCUT2D eigenvalue weighted by atomic mass is 10.1. The van der Waals surface area contributed by atoms with Crippen molar-refractivity contribution in [3.8, 4) is 0 Å². The molecule has 1 aliphatic carbocycles. The topological polar surface area (TPSA) is 120 Å². The maximum absolute atomic E-state index is 12.6. The minimum atomic E-state index is -1.08. The van der Waals surface area contributed by atoms with Crippen molar-refractivity contribution < 1.29 is 14.7 Å². The number of anilines is 1. The summed E-state index contributed by atoms with van der Waals surface area (Å²) < 4.78 is 0. The highest BCUT2D eigenvalue weighted by Gasteiger charge is 2.21. The molecule has 1 fully saturated rings. The summed E-state index contributed by atoms with van der Waals surface area (Å²) in [6, 6.07) is 8.19. The Morgan fingerprint density at radius 2 is 1.82 bits per heavy atom. The summed E-state index contributed by atoms with van der Waals surface area (Å²) in [6.45, 7) is 6.87. The number of amidine groups is 1. The van der Waals surface area contributed by atoms with Gasteiger partial charge >= 0.3 is 5.97 Å². The lowest BCUT2D eigenvalue weighted by Gasteiger charge is -2.23. The van der Waals surface area contributed by atoms with E-state index in [0.717, 1.165) is 49.9 Å². The predicted molar refractivity (Wildman–Crippen MR) is 156 cm³/mol. The summed E-state index contributed by atoms with van der Waals surface area (Å²) in [6.07, 6.45) is 10.3. The van der Waals surface area contributed by atoms with Crippen LogP contribution in [-0.4, -0.2) is 53.9 Å². The molecule has 8 nitrogen and oxygen atoms in total. The first-order valence-electron chi connectivity index (χ1n) is 13.7. The molecule has 38 heavy (non-hydrogen) atoms. The number of unbranched alkanes of at least 4 members (excludes halogenated alkanes) is 4. The molecular formula is C29H44ClN5O3.